The molecule has 2 amide bonds. The van der Waals surface area contributed by atoms with Crippen molar-refractivity contribution in [2.24, 2.45) is 5.92 Å². The zero-order valence-corrected chi connectivity index (χ0v) is 29.6. The van der Waals surface area contributed by atoms with Crippen molar-refractivity contribution in [3.63, 3.8) is 0 Å². The number of aryl methyl sites for hydroxylation is 3. The second-order valence-corrected chi connectivity index (χ2v) is 15.6. The molecule has 4 aromatic rings. The molecule has 49 heavy (non-hydrogen) atoms. The Morgan fingerprint density at radius 3 is 2.51 bits per heavy atom. The number of rotatable bonds is 10. The summed E-state index contributed by atoms with van der Waals surface area (Å²) in [6.07, 6.45) is 10.0. The number of pyridine rings is 1. The quantitative estimate of drug-likeness (QED) is 0.183. The second-order valence-electron chi connectivity index (χ2n) is 14.6. The lowest BCUT2D eigenvalue weighted by Gasteiger charge is -2.35. The van der Waals surface area contributed by atoms with Gasteiger partial charge < -0.3 is 14.4 Å². The number of likely N-dealkylation sites (tertiary alicyclic amines) is 1. The number of benzene rings is 1. The summed E-state index contributed by atoms with van der Waals surface area (Å²) < 4.78 is 19.5. The molecule has 0 spiro atoms. The standard InChI is InChI=1S/C39H47FN6O2S/c1-3-33-30(11-6-25(2)42-33)31-21-28(39(48)44-18-16-43(17-19-44)29-9-10-29)22-32-36(40)37(46(38(31)32)23-26-7-8-26)27-5-4-15-45(24-27)35(47)13-12-34-41-14-20-49-34/h6,11,14,20-22,26-27,29H,3-5,7-10,12-13,15-19,23-24H2,1-2H3/t27-/m0/s1. The molecule has 10 heteroatoms. The summed E-state index contributed by atoms with van der Waals surface area (Å²) in [5.74, 6) is 0.242. The summed E-state index contributed by atoms with van der Waals surface area (Å²) >= 11 is 1.58. The van der Waals surface area contributed by atoms with Crippen LogP contribution in [0.4, 0.5) is 4.39 Å². The molecular weight excluding hydrogens is 636 g/mol. The van der Waals surface area contributed by atoms with Crippen molar-refractivity contribution in [1.29, 1.82) is 0 Å². The van der Waals surface area contributed by atoms with Crippen LogP contribution in [-0.2, 0) is 24.2 Å². The number of fused-ring (bicyclic) bond motifs is 1. The first-order valence-electron chi connectivity index (χ1n) is 18.4. The lowest BCUT2D eigenvalue weighted by Crippen LogP contribution is -2.49. The first-order valence-corrected chi connectivity index (χ1v) is 19.3. The van der Waals surface area contributed by atoms with Gasteiger partial charge in [0.15, 0.2) is 5.82 Å². The Kier molecular flexibility index (Phi) is 9.03. The van der Waals surface area contributed by atoms with Crippen molar-refractivity contribution in [2.75, 3.05) is 39.3 Å². The van der Waals surface area contributed by atoms with Crippen molar-refractivity contribution >= 4 is 34.1 Å². The highest BCUT2D eigenvalue weighted by molar-refractivity contribution is 7.09. The van der Waals surface area contributed by atoms with Crippen LogP contribution in [0, 0.1) is 18.7 Å². The summed E-state index contributed by atoms with van der Waals surface area (Å²) in [5, 5.41) is 3.43. The molecule has 0 unspecified atom stereocenters. The molecule has 2 aliphatic heterocycles. The monoisotopic (exact) mass is 682 g/mol. The third kappa shape index (κ3) is 6.66. The van der Waals surface area contributed by atoms with Crippen LogP contribution >= 0.6 is 11.3 Å². The second kappa shape index (κ2) is 13.6. The molecule has 2 saturated carbocycles. The highest BCUT2D eigenvalue weighted by atomic mass is 32.1. The number of carbonyl (C=O) groups excluding carboxylic acids is 2. The van der Waals surface area contributed by atoms with Crippen LogP contribution in [0.5, 0.6) is 0 Å². The number of halogens is 1. The van der Waals surface area contributed by atoms with Gasteiger partial charge in [-0.25, -0.2) is 9.37 Å². The van der Waals surface area contributed by atoms with Crippen molar-refractivity contribution in [2.45, 2.75) is 90.1 Å². The predicted octanol–water partition coefficient (Wildman–Crippen LogP) is 6.84. The molecule has 8 rings (SSSR count). The highest BCUT2D eigenvalue weighted by Gasteiger charge is 2.36. The Morgan fingerprint density at radius 2 is 1.80 bits per heavy atom. The minimum atomic E-state index is -0.231. The summed E-state index contributed by atoms with van der Waals surface area (Å²) in [6, 6.07) is 8.65. The van der Waals surface area contributed by atoms with E-state index in [4.69, 9.17) is 4.98 Å². The van der Waals surface area contributed by atoms with E-state index >= 15 is 4.39 Å². The molecule has 0 N–H and O–H groups in total. The lowest BCUT2D eigenvalue weighted by molar-refractivity contribution is -0.132. The first kappa shape index (κ1) is 32.6. The third-order valence-corrected chi connectivity index (χ3v) is 12.0. The van der Waals surface area contributed by atoms with Gasteiger partial charge in [-0.15, -0.1) is 11.3 Å². The van der Waals surface area contributed by atoms with E-state index in [1.165, 1.54) is 12.8 Å². The fraction of sp³-hybridized carbons (Fsp3) is 0.538. The van der Waals surface area contributed by atoms with E-state index in [0.717, 1.165) is 84.8 Å². The summed E-state index contributed by atoms with van der Waals surface area (Å²) in [5.41, 5.74) is 5.86. The summed E-state index contributed by atoms with van der Waals surface area (Å²) in [7, 11) is 0. The number of nitrogens with zero attached hydrogens (tertiary/aromatic N) is 6. The SMILES string of the molecule is CCc1nc(C)ccc1-c1cc(C(=O)N2CCN(C3CC3)CC2)cc2c(F)c([C@H]3CCCN(C(=O)CCc4nccs4)C3)n(CC3CC3)c12. The Balaban J connectivity index is 1.20. The average molecular weight is 683 g/mol. The van der Waals surface area contributed by atoms with Gasteiger partial charge in [-0.3, -0.25) is 19.5 Å². The maximum absolute atomic E-state index is 17.3. The summed E-state index contributed by atoms with van der Waals surface area (Å²) in [4.78, 5) is 43.3. The van der Waals surface area contributed by atoms with Crippen molar-refractivity contribution in [3.05, 3.63) is 69.3 Å². The van der Waals surface area contributed by atoms with Gasteiger partial charge in [0.2, 0.25) is 5.91 Å². The number of thiazole rings is 1. The van der Waals surface area contributed by atoms with Gasteiger partial charge in [0, 0.05) is 116 Å². The average Bonchev–Trinajstić information content (AvgIpc) is 4.07. The highest BCUT2D eigenvalue weighted by Crippen LogP contribution is 2.43. The number of hydrogen-bond acceptors (Lipinski definition) is 6. The van der Waals surface area contributed by atoms with Gasteiger partial charge in [0.25, 0.3) is 5.91 Å². The molecule has 2 aliphatic carbocycles. The van der Waals surface area contributed by atoms with E-state index in [-0.39, 0.29) is 23.5 Å². The zero-order chi connectivity index (χ0) is 33.6. The molecule has 1 atom stereocenters. The molecule has 4 aliphatic rings. The number of hydrogen-bond donors (Lipinski definition) is 0. The number of piperidine rings is 1. The molecule has 258 valence electrons. The molecular formula is C39H47FN6O2S. The van der Waals surface area contributed by atoms with Crippen molar-refractivity contribution in [3.8, 4) is 11.1 Å². The van der Waals surface area contributed by atoms with Gasteiger partial charge in [-0.2, -0.15) is 0 Å². The largest absolute Gasteiger partial charge is 0.342 e. The number of carbonyl (C=O) groups is 2. The van der Waals surface area contributed by atoms with Gasteiger partial charge in [0.1, 0.15) is 0 Å². The Hall–Kier alpha value is -3.63. The lowest BCUT2D eigenvalue weighted by atomic mass is 9.93. The molecule has 5 heterocycles. The van der Waals surface area contributed by atoms with E-state index in [1.807, 2.05) is 40.3 Å². The molecule has 4 fully saturated rings. The Bertz CT molecular complexity index is 1850. The van der Waals surface area contributed by atoms with Crippen LogP contribution in [0.3, 0.4) is 0 Å². The van der Waals surface area contributed by atoms with Crippen molar-refractivity contribution < 1.29 is 14.0 Å². The number of amides is 2. The van der Waals surface area contributed by atoms with Gasteiger partial charge in [-0.1, -0.05) is 13.0 Å². The predicted molar refractivity (Wildman–Crippen MR) is 191 cm³/mol. The first-order chi connectivity index (χ1) is 23.9. The fourth-order valence-corrected chi connectivity index (χ4v) is 8.78. The van der Waals surface area contributed by atoms with Gasteiger partial charge in [-0.05, 0) is 76.0 Å². The van der Waals surface area contributed by atoms with Crippen LogP contribution in [0.15, 0.2) is 35.8 Å². The number of aromatic nitrogens is 3. The maximum atomic E-state index is 17.3. The topological polar surface area (TPSA) is 74.6 Å². The van der Waals surface area contributed by atoms with Crippen LogP contribution in [0.25, 0.3) is 22.0 Å². The zero-order valence-electron chi connectivity index (χ0n) is 28.8. The normalized spacial score (nSPS) is 20.3. The smallest absolute Gasteiger partial charge is 0.253 e. The van der Waals surface area contributed by atoms with Crippen molar-refractivity contribution in [1.82, 2.24) is 29.2 Å². The van der Waals surface area contributed by atoms with E-state index in [1.54, 1.807) is 17.5 Å². The van der Waals surface area contributed by atoms with Gasteiger partial charge >= 0.3 is 0 Å². The molecule has 0 bridgehead atoms. The summed E-state index contributed by atoms with van der Waals surface area (Å²) in [6.45, 7) is 9.23. The van der Waals surface area contributed by atoms with E-state index in [2.05, 4.69) is 27.4 Å². The van der Waals surface area contributed by atoms with Gasteiger partial charge in [0.05, 0.1) is 16.2 Å². The van der Waals surface area contributed by atoms with Crippen LogP contribution in [-0.4, -0.2) is 86.4 Å². The third-order valence-electron chi connectivity index (χ3n) is 11.1. The van der Waals surface area contributed by atoms with E-state index < -0.39 is 0 Å². The Morgan fingerprint density at radius 1 is 0.980 bits per heavy atom. The number of piperazine rings is 1. The molecule has 8 nitrogen and oxygen atoms in total. The van der Waals surface area contributed by atoms with Crippen LogP contribution < -0.4 is 0 Å². The molecule has 1 aromatic carbocycles. The van der Waals surface area contributed by atoms with Crippen LogP contribution in [0.1, 0.15) is 90.2 Å². The molecule has 0 radical (unpaired) electrons. The Labute approximate surface area is 292 Å². The molecule has 3 aromatic heterocycles. The fourth-order valence-electron chi connectivity index (χ4n) is 8.16. The molecule has 2 saturated heterocycles. The van der Waals surface area contributed by atoms with E-state index in [0.29, 0.717) is 67.6 Å². The minimum absolute atomic E-state index is 0.0257. The minimum Gasteiger partial charge on any atom is -0.342 e. The maximum Gasteiger partial charge on any atom is 0.253 e. The van der Waals surface area contributed by atoms with E-state index in [9.17, 15) is 9.59 Å². The van der Waals surface area contributed by atoms with Crippen LogP contribution in [0.2, 0.25) is 0 Å².